The highest BCUT2D eigenvalue weighted by Crippen LogP contribution is 2.18. The van der Waals surface area contributed by atoms with Crippen molar-refractivity contribution in [2.24, 2.45) is 5.92 Å². The maximum Gasteiger partial charge on any atom is 0.253 e. The Balaban J connectivity index is 2.01. The van der Waals surface area contributed by atoms with Crippen molar-refractivity contribution in [1.82, 2.24) is 10.6 Å². The molecule has 2 amide bonds. The number of hydrogen-bond donors (Lipinski definition) is 2. The molecule has 0 spiro atoms. The molecular weight excluding hydrogens is 312 g/mol. The van der Waals surface area contributed by atoms with Crippen LogP contribution in [0.1, 0.15) is 56.3 Å². The first-order valence-electron chi connectivity index (χ1n) is 8.35. The van der Waals surface area contributed by atoms with E-state index in [-0.39, 0.29) is 23.8 Å². The molecule has 1 aliphatic carbocycles. The van der Waals surface area contributed by atoms with Gasteiger partial charge in [-0.25, -0.2) is 0 Å². The second kappa shape index (κ2) is 8.34. The predicted molar refractivity (Wildman–Crippen MR) is 92.6 cm³/mol. The van der Waals surface area contributed by atoms with E-state index in [0.717, 1.165) is 25.7 Å². The van der Waals surface area contributed by atoms with Crippen molar-refractivity contribution >= 4 is 23.4 Å². The molecule has 1 saturated carbocycles. The Labute approximate surface area is 143 Å². The number of benzene rings is 1. The first-order valence-corrected chi connectivity index (χ1v) is 8.72. The summed E-state index contributed by atoms with van der Waals surface area (Å²) in [5, 5.41) is 6.30. The van der Waals surface area contributed by atoms with Gasteiger partial charge in [-0.3, -0.25) is 9.59 Å². The molecule has 2 rings (SSSR count). The quantitative estimate of drug-likeness (QED) is 0.864. The molecule has 126 valence electrons. The summed E-state index contributed by atoms with van der Waals surface area (Å²) in [4.78, 5) is 24.9. The van der Waals surface area contributed by atoms with Crippen molar-refractivity contribution in [1.29, 1.82) is 0 Å². The fourth-order valence-electron chi connectivity index (χ4n) is 2.94. The van der Waals surface area contributed by atoms with Crippen molar-refractivity contribution in [3.63, 3.8) is 0 Å². The van der Waals surface area contributed by atoms with E-state index in [1.807, 2.05) is 13.8 Å². The molecule has 1 aromatic carbocycles. The highest BCUT2D eigenvalue weighted by atomic mass is 35.5. The van der Waals surface area contributed by atoms with Gasteiger partial charge in [-0.05, 0) is 30.9 Å². The molecular formula is C18H25ClN2O2. The fraction of sp³-hybridized carbons (Fsp3) is 0.556. The van der Waals surface area contributed by atoms with Gasteiger partial charge >= 0.3 is 0 Å². The minimum Gasteiger partial charge on any atom is -0.352 e. The smallest absolute Gasteiger partial charge is 0.253 e. The Hall–Kier alpha value is -1.55. The Morgan fingerprint density at radius 3 is 2.39 bits per heavy atom. The van der Waals surface area contributed by atoms with Crippen molar-refractivity contribution in [2.75, 3.05) is 0 Å². The molecule has 1 aliphatic rings. The molecule has 1 unspecified atom stereocenters. The normalized spacial score (nSPS) is 16.9. The zero-order valence-corrected chi connectivity index (χ0v) is 14.5. The van der Waals surface area contributed by atoms with Gasteiger partial charge in [-0.2, -0.15) is 0 Å². The van der Waals surface area contributed by atoms with Crippen LogP contribution in [0.25, 0.3) is 0 Å². The third kappa shape index (κ3) is 4.96. The number of rotatable bonds is 5. The molecule has 0 aromatic heterocycles. The Kier molecular flexibility index (Phi) is 6.46. The molecule has 1 fully saturated rings. The number of nitrogens with one attached hydrogen (secondary N) is 2. The van der Waals surface area contributed by atoms with E-state index in [2.05, 4.69) is 10.6 Å². The van der Waals surface area contributed by atoms with Crippen LogP contribution in [0.5, 0.6) is 0 Å². The van der Waals surface area contributed by atoms with E-state index in [4.69, 9.17) is 11.6 Å². The molecule has 0 aliphatic heterocycles. The lowest BCUT2D eigenvalue weighted by Crippen LogP contribution is -2.52. The van der Waals surface area contributed by atoms with Crippen LogP contribution < -0.4 is 10.6 Å². The Morgan fingerprint density at radius 1 is 1.13 bits per heavy atom. The van der Waals surface area contributed by atoms with E-state index in [0.29, 0.717) is 10.6 Å². The minimum absolute atomic E-state index is 0.00466. The Morgan fingerprint density at radius 2 is 1.78 bits per heavy atom. The zero-order valence-electron chi connectivity index (χ0n) is 13.8. The van der Waals surface area contributed by atoms with E-state index >= 15 is 0 Å². The van der Waals surface area contributed by atoms with E-state index in [1.165, 1.54) is 6.42 Å². The number of halogens is 1. The maximum atomic E-state index is 12.5. The third-order valence-electron chi connectivity index (χ3n) is 4.31. The number of carbonyl (C=O) groups excluding carboxylic acids is 2. The van der Waals surface area contributed by atoms with E-state index < -0.39 is 6.04 Å². The predicted octanol–water partition coefficient (Wildman–Crippen LogP) is 3.54. The maximum absolute atomic E-state index is 12.5. The van der Waals surface area contributed by atoms with Gasteiger partial charge in [-0.1, -0.05) is 56.8 Å². The number of carbonyl (C=O) groups is 2. The van der Waals surface area contributed by atoms with Crippen molar-refractivity contribution in [2.45, 2.75) is 58.0 Å². The molecule has 4 nitrogen and oxygen atoms in total. The monoisotopic (exact) mass is 336 g/mol. The molecule has 5 heteroatoms. The average Bonchev–Trinajstić information content (AvgIpc) is 2.53. The lowest BCUT2D eigenvalue weighted by Gasteiger charge is -2.27. The van der Waals surface area contributed by atoms with Crippen LogP contribution >= 0.6 is 11.6 Å². The average molecular weight is 337 g/mol. The second-order valence-corrected chi connectivity index (χ2v) is 6.93. The summed E-state index contributed by atoms with van der Waals surface area (Å²) in [6, 6.07) is 6.54. The lowest BCUT2D eigenvalue weighted by molar-refractivity contribution is -0.124. The number of amides is 2. The topological polar surface area (TPSA) is 58.2 Å². The summed E-state index contributed by atoms with van der Waals surface area (Å²) in [6.07, 6.45) is 5.60. The summed E-state index contributed by atoms with van der Waals surface area (Å²) in [6.45, 7) is 3.86. The second-order valence-electron chi connectivity index (χ2n) is 6.52. The SMILES string of the molecule is CC(C)C(NC(=O)c1ccccc1Cl)C(=O)NC1CCCCC1. The molecule has 0 heterocycles. The van der Waals surface area contributed by atoms with Crippen LogP contribution in [-0.2, 0) is 4.79 Å². The summed E-state index contributed by atoms with van der Waals surface area (Å²) in [5.74, 6) is -0.412. The van der Waals surface area contributed by atoms with Gasteiger partial charge in [0.25, 0.3) is 5.91 Å². The highest BCUT2D eigenvalue weighted by Gasteiger charge is 2.27. The number of hydrogen-bond acceptors (Lipinski definition) is 2. The molecule has 0 radical (unpaired) electrons. The largest absolute Gasteiger partial charge is 0.352 e. The van der Waals surface area contributed by atoms with Gasteiger partial charge in [0.15, 0.2) is 0 Å². The van der Waals surface area contributed by atoms with Crippen LogP contribution in [0.15, 0.2) is 24.3 Å². The highest BCUT2D eigenvalue weighted by molar-refractivity contribution is 6.33. The molecule has 0 bridgehead atoms. The van der Waals surface area contributed by atoms with Crippen LogP contribution in [0.2, 0.25) is 5.02 Å². The lowest BCUT2D eigenvalue weighted by atomic mass is 9.94. The van der Waals surface area contributed by atoms with Crippen LogP contribution in [0.4, 0.5) is 0 Å². The van der Waals surface area contributed by atoms with Gasteiger partial charge in [0.1, 0.15) is 6.04 Å². The Bertz CT molecular complexity index is 554. The molecule has 2 N–H and O–H groups in total. The van der Waals surface area contributed by atoms with Crippen LogP contribution in [0, 0.1) is 5.92 Å². The van der Waals surface area contributed by atoms with Gasteiger partial charge < -0.3 is 10.6 Å². The summed E-state index contributed by atoms with van der Waals surface area (Å²) >= 11 is 6.06. The van der Waals surface area contributed by atoms with E-state index in [9.17, 15) is 9.59 Å². The fourth-order valence-corrected chi connectivity index (χ4v) is 3.16. The van der Waals surface area contributed by atoms with Gasteiger partial charge in [0.05, 0.1) is 10.6 Å². The van der Waals surface area contributed by atoms with Gasteiger partial charge in [0, 0.05) is 6.04 Å². The zero-order chi connectivity index (χ0) is 16.8. The molecule has 23 heavy (non-hydrogen) atoms. The van der Waals surface area contributed by atoms with Crippen molar-refractivity contribution in [3.8, 4) is 0 Å². The standard InChI is InChI=1S/C18H25ClN2O2/c1-12(2)16(18(23)20-13-8-4-3-5-9-13)21-17(22)14-10-6-7-11-15(14)19/h6-7,10-13,16H,3-5,8-9H2,1-2H3,(H,20,23)(H,21,22). The van der Waals surface area contributed by atoms with E-state index in [1.54, 1.807) is 24.3 Å². The van der Waals surface area contributed by atoms with Crippen LogP contribution in [-0.4, -0.2) is 23.9 Å². The summed E-state index contributed by atoms with van der Waals surface area (Å²) < 4.78 is 0. The third-order valence-corrected chi connectivity index (χ3v) is 4.64. The molecule has 1 atom stereocenters. The summed E-state index contributed by atoms with van der Waals surface area (Å²) in [7, 11) is 0. The van der Waals surface area contributed by atoms with Gasteiger partial charge in [0.2, 0.25) is 5.91 Å². The minimum atomic E-state index is -0.555. The molecule has 0 saturated heterocycles. The van der Waals surface area contributed by atoms with Crippen molar-refractivity contribution in [3.05, 3.63) is 34.9 Å². The first-order chi connectivity index (χ1) is 11.0. The van der Waals surface area contributed by atoms with Gasteiger partial charge in [-0.15, -0.1) is 0 Å². The van der Waals surface area contributed by atoms with Crippen LogP contribution in [0.3, 0.4) is 0 Å². The first kappa shape index (κ1) is 17.8. The summed E-state index contributed by atoms with van der Waals surface area (Å²) in [5.41, 5.74) is 0.394. The van der Waals surface area contributed by atoms with Crippen molar-refractivity contribution < 1.29 is 9.59 Å². The molecule has 1 aromatic rings.